The Balaban J connectivity index is 2.03. The van der Waals surface area contributed by atoms with Crippen molar-refractivity contribution in [1.82, 2.24) is 4.31 Å². The number of hydrogen-bond acceptors (Lipinski definition) is 4. The van der Waals surface area contributed by atoms with Crippen LogP contribution in [0.1, 0.15) is 24.1 Å². The van der Waals surface area contributed by atoms with E-state index in [1.165, 1.54) is 0 Å². The maximum absolute atomic E-state index is 13.5. The minimum absolute atomic E-state index is 0.0438. The highest BCUT2D eigenvalue weighted by molar-refractivity contribution is 7.82. The highest BCUT2D eigenvalue weighted by Gasteiger charge is 2.45. The summed E-state index contributed by atoms with van der Waals surface area (Å²) in [6.45, 7) is 4.33. The van der Waals surface area contributed by atoms with E-state index in [9.17, 15) is 9.32 Å². The van der Waals surface area contributed by atoms with Gasteiger partial charge in [-0.25, -0.2) is 8.51 Å². The molecule has 3 rings (SSSR count). The van der Waals surface area contributed by atoms with Gasteiger partial charge >= 0.3 is 0 Å². The largest absolute Gasteiger partial charge is 0.505 e. The molecule has 0 saturated carbocycles. The van der Waals surface area contributed by atoms with Gasteiger partial charge in [-0.15, -0.1) is 0 Å². The van der Waals surface area contributed by atoms with Crippen molar-refractivity contribution in [3.63, 3.8) is 0 Å². The molecule has 0 radical (unpaired) electrons. The van der Waals surface area contributed by atoms with Crippen molar-refractivity contribution in [2.45, 2.75) is 30.9 Å². The van der Waals surface area contributed by atoms with Crippen LogP contribution in [-0.4, -0.2) is 40.5 Å². The van der Waals surface area contributed by atoms with Crippen LogP contribution in [0.3, 0.4) is 0 Å². The van der Waals surface area contributed by atoms with Crippen LogP contribution < -0.4 is 4.74 Å². The smallest absolute Gasteiger partial charge is 0.128 e. The molecule has 6 heteroatoms. The fourth-order valence-corrected chi connectivity index (χ4v) is 5.33. The van der Waals surface area contributed by atoms with Gasteiger partial charge in [0.05, 0.1) is 37.5 Å². The molecule has 1 fully saturated rings. The van der Waals surface area contributed by atoms with Gasteiger partial charge in [-0.05, 0) is 49.8 Å². The van der Waals surface area contributed by atoms with Gasteiger partial charge in [0.15, 0.2) is 0 Å². The number of aliphatic hydroxyl groups is 1. The summed E-state index contributed by atoms with van der Waals surface area (Å²) in [6, 6.07) is 15.4. The Morgan fingerprint density at radius 2 is 1.79 bits per heavy atom. The summed E-state index contributed by atoms with van der Waals surface area (Å²) in [5, 5.41) is 10.5. The van der Waals surface area contributed by atoms with Gasteiger partial charge in [0.2, 0.25) is 0 Å². The van der Waals surface area contributed by atoms with Gasteiger partial charge in [-0.3, -0.25) is 0 Å². The lowest BCUT2D eigenvalue weighted by atomic mass is 9.84. The molecular weight excluding hydrogens is 386 g/mol. The molecule has 0 bridgehead atoms. The first kappa shape index (κ1) is 21.6. The van der Waals surface area contributed by atoms with Gasteiger partial charge in [0.25, 0.3) is 0 Å². The fourth-order valence-electron chi connectivity index (χ4n) is 3.91. The van der Waals surface area contributed by atoms with Crippen LogP contribution in [0.15, 0.2) is 65.8 Å². The zero-order valence-electron chi connectivity index (χ0n) is 17.3. The first-order chi connectivity index (χ1) is 14.0. The van der Waals surface area contributed by atoms with Crippen LogP contribution in [0.2, 0.25) is 0 Å². The molecule has 1 aliphatic heterocycles. The molecular formula is C23H29NO4S. The Labute approximate surface area is 175 Å². The van der Waals surface area contributed by atoms with Crippen molar-refractivity contribution in [1.29, 1.82) is 0 Å². The molecule has 0 amide bonds. The van der Waals surface area contributed by atoms with Crippen molar-refractivity contribution in [3.05, 3.63) is 72.0 Å². The predicted molar refractivity (Wildman–Crippen MR) is 115 cm³/mol. The van der Waals surface area contributed by atoms with Crippen molar-refractivity contribution < 1.29 is 18.8 Å². The molecule has 5 nitrogen and oxygen atoms in total. The number of ether oxygens (including phenoxy) is 2. The summed E-state index contributed by atoms with van der Waals surface area (Å²) in [5.41, 5.74) is 2.15. The van der Waals surface area contributed by atoms with Crippen molar-refractivity contribution in [3.8, 4) is 5.75 Å². The van der Waals surface area contributed by atoms with Crippen LogP contribution in [0.5, 0.6) is 5.75 Å². The standard InChI is InChI=1S/C23H29NO4S/c1-16-5-11-20(12-6-16)29(26)24-15-22(17(2)25)21(13-14-27-3)23(24)18-7-9-19(28-4)10-8-18/h5-14,17,21-23,25H,15H2,1-4H3/b14-13+/t17?,21-,22+,23+,29+/m0/s1. The van der Waals surface area contributed by atoms with Crippen LogP contribution >= 0.6 is 0 Å². The highest BCUT2D eigenvalue weighted by Crippen LogP contribution is 2.45. The monoisotopic (exact) mass is 415 g/mol. The molecule has 5 atom stereocenters. The lowest BCUT2D eigenvalue weighted by Crippen LogP contribution is -2.28. The Morgan fingerprint density at radius 1 is 1.14 bits per heavy atom. The summed E-state index contributed by atoms with van der Waals surface area (Å²) in [4.78, 5) is 0.759. The number of nitrogens with zero attached hydrogens (tertiary/aromatic N) is 1. The van der Waals surface area contributed by atoms with Crippen molar-refractivity contribution in [2.75, 3.05) is 20.8 Å². The Kier molecular flexibility index (Phi) is 7.11. The average Bonchev–Trinajstić information content (AvgIpc) is 3.12. The van der Waals surface area contributed by atoms with E-state index in [1.54, 1.807) is 27.4 Å². The number of rotatable bonds is 7. The van der Waals surface area contributed by atoms with E-state index in [1.807, 2.05) is 65.8 Å². The third-order valence-corrected chi connectivity index (χ3v) is 6.99. The number of aryl methyl sites for hydroxylation is 1. The lowest BCUT2D eigenvalue weighted by Gasteiger charge is -2.27. The second-order valence-electron chi connectivity index (χ2n) is 7.43. The molecule has 1 N–H and O–H groups in total. The number of benzene rings is 2. The minimum Gasteiger partial charge on any atom is -0.505 e. The first-order valence-electron chi connectivity index (χ1n) is 9.73. The number of hydrogen-bond donors (Lipinski definition) is 1. The summed E-state index contributed by atoms with van der Waals surface area (Å²) < 4.78 is 26.0. The Hall–Kier alpha value is -2.15. The molecule has 1 unspecified atom stereocenters. The molecule has 2 aromatic rings. The quantitative estimate of drug-likeness (QED) is 0.698. The van der Waals surface area contributed by atoms with Crippen LogP contribution in [0.4, 0.5) is 0 Å². The molecule has 0 aromatic heterocycles. The van der Waals surface area contributed by atoms with Crippen LogP contribution in [-0.2, 0) is 15.7 Å². The minimum atomic E-state index is -1.35. The summed E-state index contributed by atoms with van der Waals surface area (Å²) in [6.07, 6.45) is 3.08. The second-order valence-corrected chi connectivity index (χ2v) is 8.86. The van der Waals surface area contributed by atoms with E-state index in [4.69, 9.17) is 9.47 Å². The van der Waals surface area contributed by atoms with Crippen molar-refractivity contribution >= 4 is 11.0 Å². The zero-order valence-corrected chi connectivity index (χ0v) is 18.1. The normalized spacial score (nSPS) is 24.5. The molecule has 156 valence electrons. The second kappa shape index (κ2) is 9.57. The van der Waals surface area contributed by atoms with E-state index in [-0.39, 0.29) is 17.9 Å². The molecule has 0 aliphatic carbocycles. The lowest BCUT2D eigenvalue weighted by molar-refractivity contribution is 0.116. The van der Waals surface area contributed by atoms with Gasteiger partial charge in [-0.2, -0.15) is 0 Å². The number of aliphatic hydroxyl groups excluding tert-OH is 1. The predicted octanol–water partition coefficient (Wildman–Crippen LogP) is 3.86. The highest BCUT2D eigenvalue weighted by atomic mass is 32.2. The van der Waals surface area contributed by atoms with Gasteiger partial charge in [0.1, 0.15) is 16.7 Å². The molecule has 1 aliphatic rings. The molecule has 1 heterocycles. The average molecular weight is 416 g/mol. The third kappa shape index (κ3) is 4.71. The topological polar surface area (TPSA) is 59.0 Å². The molecule has 2 aromatic carbocycles. The maximum atomic E-state index is 13.5. The van der Waals surface area contributed by atoms with Crippen LogP contribution in [0, 0.1) is 18.8 Å². The SMILES string of the molecule is CO/C=C/[C@H]1[C@@H](C(C)O)CN([S@](=O)c2ccc(C)cc2)[C@@H]1c1ccc(OC)cc1. The summed E-state index contributed by atoms with van der Waals surface area (Å²) in [7, 11) is 1.89. The van der Waals surface area contributed by atoms with E-state index in [2.05, 4.69) is 0 Å². The van der Waals surface area contributed by atoms with E-state index in [0.29, 0.717) is 6.54 Å². The van der Waals surface area contributed by atoms with Crippen LogP contribution in [0.25, 0.3) is 0 Å². The maximum Gasteiger partial charge on any atom is 0.128 e. The first-order valence-corrected chi connectivity index (χ1v) is 10.8. The Bertz CT molecular complexity index is 848. The number of methoxy groups -OCH3 is 2. The zero-order chi connectivity index (χ0) is 21.0. The van der Waals surface area contributed by atoms with E-state index in [0.717, 1.165) is 21.8 Å². The molecule has 1 saturated heterocycles. The van der Waals surface area contributed by atoms with Crippen molar-refractivity contribution in [2.24, 2.45) is 11.8 Å². The van der Waals surface area contributed by atoms with Gasteiger partial charge < -0.3 is 14.6 Å². The van der Waals surface area contributed by atoms with E-state index < -0.39 is 17.1 Å². The Morgan fingerprint density at radius 3 is 2.34 bits per heavy atom. The van der Waals surface area contributed by atoms with E-state index >= 15 is 0 Å². The molecule has 29 heavy (non-hydrogen) atoms. The third-order valence-electron chi connectivity index (χ3n) is 5.51. The summed E-state index contributed by atoms with van der Waals surface area (Å²) in [5.74, 6) is 0.662. The van der Waals surface area contributed by atoms with Gasteiger partial charge in [-0.1, -0.05) is 29.8 Å². The fraction of sp³-hybridized carbons (Fsp3) is 0.391. The summed E-state index contributed by atoms with van der Waals surface area (Å²) >= 11 is 0. The van der Waals surface area contributed by atoms with Gasteiger partial charge in [0, 0.05) is 18.4 Å². The molecule has 0 spiro atoms.